The zero-order chi connectivity index (χ0) is 26.6. The molecule has 2 aliphatic heterocycles. The van der Waals surface area contributed by atoms with E-state index in [1.807, 2.05) is 11.6 Å². The Labute approximate surface area is 212 Å². The first-order chi connectivity index (χ1) is 17.5. The van der Waals surface area contributed by atoms with Gasteiger partial charge in [-0.05, 0) is 55.8 Å². The first-order valence-corrected chi connectivity index (χ1v) is 12.1. The van der Waals surface area contributed by atoms with Gasteiger partial charge in [0.25, 0.3) is 0 Å². The number of aromatic nitrogens is 6. The first kappa shape index (κ1) is 25.2. The van der Waals surface area contributed by atoms with Crippen LogP contribution >= 0.6 is 0 Å². The fourth-order valence-corrected chi connectivity index (χ4v) is 5.48. The molecule has 1 aromatic carbocycles. The summed E-state index contributed by atoms with van der Waals surface area (Å²) in [6.45, 7) is 6.69. The molecule has 3 atom stereocenters. The van der Waals surface area contributed by atoms with Crippen LogP contribution < -0.4 is 0 Å². The average molecular weight is 517 g/mol. The van der Waals surface area contributed by atoms with E-state index in [9.17, 15) is 18.7 Å². The fourth-order valence-electron chi connectivity index (χ4n) is 5.48. The molecule has 4 heterocycles. The van der Waals surface area contributed by atoms with Crippen molar-refractivity contribution in [2.45, 2.75) is 64.0 Å². The third kappa shape index (κ3) is 4.46. The Kier molecular flexibility index (Phi) is 6.23. The molecule has 13 heteroatoms. The molecule has 2 aliphatic rings. The summed E-state index contributed by atoms with van der Waals surface area (Å²) in [4.78, 5) is 20.7. The summed E-state index contributed by atoms with van der Waals surface area (Å²) in [6.07, 6.45) is -1.70. The van der Waals surface area contributed by atoms with E-state index in [1.54, 1.807) is 32.5 Å². The van der Waals surface area contributed by atoms with Gasteiger partial charge in [-0.15, -0.1) is 5.10 Å². The van der Waals surface area contributed by atoms with Crippen LogP contribution in [0.5, 0.6) is 0 Å². The zero-order valence-electron chi connectivity index (χ0n) is 21.4. The van der Waals surface area contributed by atoms with Crippen molar-refractivity contribution in [1.29, 1.82) is 0 Å². The van der Waals surface area contributed by atoms with Gasteiger partial charge in [-0.3, -0.25) is 9.80 Å². The van der Waals surface area contributed by atoms with Gasteiger partial charge in [0.2, 0.25) is 5.82 Å². The summed E-state index contributed by atoms with van der Waals surface area (Å²) in [7, 11) is 3.66. The maximum Gasteiger partial charge on any atom is 0.408 e. The zero-order valence-corrected chi connectivity index (χ0v) is 21.4. The van der Waals surface area contributed by atoms with Gasteiger partial charge in [0.05, 0.1) is 24.0 Å². The minimum absolute atomic E-state index is 0.0206. The van der Waals surface area contributed by atoms with E-state index >= 15 is 0 Å². The smallest absolute Gasteiger partial charge is 0.408 e. The molecule has 2 aromatic heterocycles. The lowest BCUT2D eigenvalue weighted by molar-refractivity contribution is -0.103. The van der Waals surface area contributed by atoms with Crippen molar-refractivity contribution in [3.63, 3.8) is 0 Å². The summed E-state index contributed by atoms with van der Waals surface area (Å²) in [6, 6.07) is 2.29. The van der Waals surface area contributed by atoms with Crippen molar-refractivity contribution >= 4 is 6.09 Å². The topological polar surface area (TPSA) is 114 Å². The van der Waals surface area contributed by atoms with E-state index in [-0.39, 0.29) is 18.2 Å². The van der Waals surface area contributed by atoms with E-state index < -0.39 is 35.4 Å². The number of carbonyl (C=O) groups is 1. The normalized spacial score (nSPS) is 22.3. The van der Waals surface area contributed by atoms with E-state index in [4.69, 9.17) is 9.72 Å². The number of hydrogen-bond donors (Lipinski definition) is 1. The highest BCUT2D eigenvalue weighted by Gasteiger charge is 2.46. The van der Waals surface area contributed by atoms with E-state index in [0.717, 1.165) is 29.6 Å². The molecule has 1 N–H and O–H groups in total. The number of ether oxygens (including phenoxy) is 1. The fraction of sp³-hybridized carbons (Fsp3) is 0.542. The molecule has 1 amide bonds. The highest BCUT2D eigenvalue weighted by Crippen LogP contribution is 2.40. The van der Waals surface area contributed by atoms with Gasteiger partial charge in [0.15, 0.2) is 5.82 Å². The van der Waals surface area contributed by atoms with Crippen LogP contribution in [-0.2, 0) is 31.9 Å². The molecule has 1 fully saturated rings. The van der Waals surface area contributed by atoms with Crippen molar-refractivity contribution in [3.05, 3.63) is 46.8 Å². The minimum Gasteiger partial charge on any atom is -0.465 e. The average Bonchev–Trinajstić information content (AvgIpc) is 3.50. The van der Waals surface area contributed by atoms with Gasteiger partial charge < -0.3 is 14.4 Å². The summed E-state index contributed by atoms with van der Waals surface area (Å²) in [5, 5.41) is 21.8. The molecule has 0 unspecified atom stereocenters. The summed E-state index contributed by atoms with van der Waals surface area (Å²) in [5.41, 5.74) is 1.13. The Bertz CT molecular complexity index is 1330. The maximum atomic E-state index is 14.8. The van der Waals surface area contributed by atoms with Crippen molar-refractivity contribution in [2.75, 3.05) is 6.61 Å². The van der Waals surface area contributed by atoms with Crippen LogP contribution in [0.2, 0.25) is 0 Å². The molecule has 0 aliphatic carbocycles. The molecule has 0 radical (unpaired) electrons. The van der Waals surface area contributed by atoms with Crippen molar-refractivity contribution in [1.82, 2.24) is 39.6 Å². The van der Waals surface area contributed by atoms with Gasteiger partial charge in [-0.25, -0.2) is 23.2 Å². The Morgan fingerprint density at radius 1 is 1.19 bits per heavy atom. The second-order valence-electron chi connectivity index (χ2n) is 10.6. The lowest BCUT2D eigenvalue weighted by Gasteiger charge is -2.48. The van der Waals surface area contributed by atoms with Crippen LogP contribution in [0.1, 0.15) is 50.2 Å². The number of imidazole rings is 1. The van der Waals surface area contributed by atoms with E-state index in [1.165, 1.54) is 4.90 Å². The molecule has 0 saturated carbocycles. The summed E-state index contributed by atoms with van der Waals surface area (Å²) >= 11 is 0. The van der Waals surface area contributed by atoms with E-state index in [0.29, 0.717) is 31.2 Å². The number of carboxylic acid groups (broad SMARTS) is 1. The molecule has 1 saturated heterocycles. The first-order valence-electron chi connectivity index (χ1n) is 12.1. The van der Waals surface area contributed by atoms with Crippen LogP contribution in [0, 0.1) is 11.6 Å². The number of fused-ring (bicyclic) bond motifs is 1. The number of hydrogen-bond acceptors (Lipinski definition) is 7. The summed E-state index contributed by atoms with van der Waals surface area (Å²) in [5.74, 6) is -0.000684. The molecule has 3 aromatic rings. The molecule has 0 spiro atoms. The highest BCUT2D eigenvalue weighted by atomic mass is 19.1. The van der Waals surface area contributed by atoms with Crippen LogP contribution in [0.15, 0.2) is 18.2 Å². The van der Waals surface area contributed by atoms with E-state index in [2.05, 4.69) is 20.4 Å². The van der Waals surface area contributed by atoms with Crippen molar-refractivity contribution in [3.8, 4) is 11.6 Å². The monoisotopic (exact) mass is 516 g/mol. The van der Waals surface area contributed by atoms with Gasteiger partial charge in [-0.1, -0.05) is 0 Å². The number of rotatable bonds is 4. The van der Waals surface area contributed by atoms with Gasteiger partial charge in [0.1, 0.15) is 17.7 Å². The third-order valence-electron chi connectivity index (χ3n) is 7.20. The number of nitrogens with zero attached hydrogens (tertiary/aromatic N) is 8. The number of benzene rings is 1. The molecule has 11 nitrogen and oxygen atoms in total. The number of amides is 1. The molecular formula is C24H30F2N8O3. The number of halogens is 2. The summed E-state index contributed by atoms with van der Waals surface area (Å²) < 4.78 is 38.6. The quantitative estimate of drug-likeness (QED) is 0.563. The lowest BCUT2D eigenvalue weighted by Crippen LogP contribution is -2.58. The van der Waals surface area contributed by atoms with Crippen molar-refractivity contribution < 1.29 is 23.4 Å². The predicted octanol–water partition coefficient (Wildman–Crippen LogP) is 2.88. The Hall–Kier alpha value is -3.45. The van der Waals surface area contributed by atoms with Gasteiger partial charge in [-0.2, -0.15) is 0 Å². The predicted molar refractivity (Wildman–Crippen MR) is 127 cm³/mol. The Balaban J connectivity index is 1.43. The second kappa shape index (κ2) is 9.14. The molecule has 0 bridgehead atoms. The Morgan fingerprint density at radius 3 is 2.57 bits per heavy atom. The van der Waals surface area contributed by atoms with Crippen LogP contribution in [0.3, 0.4) is 0 Å². The van der Waals surface area contributed by atoms with Crippen LogP contribution in [0.25, 0.3) is 11.6 Å². The van der Waals surface area contributed by atoms with Gasteiger partial charge >= 0.3 is 6.09 Å². The number of aryl methyl sites for hydroxylation is 1. The van der Waals surface area contributed by atoms with Crippen molar-refractivity contribution in [2.24, 2.45) is 14.1 Å². The molecular weight excluding hydrogens is 486 g/mol. The second-order valence-corrected chi connectivity index (χ2v) is 10.6. The lowest BCUT2D eigenvalue weighted by atomic mass is 9.88. The largest absolute Gasteiger partial charge is 0.465 e. The molecule has 37 heavy (non-hydrogen) atoms. The number of tetrazole rings is 1. The highest BCUT2D eigenvalue weighted by molar-refractivity contribution is 5.66. The Morgan fingerprint density at radius 2 is 1.95 bits per heavy atom. The SMILES string of the molecule is Cn1nnnc1-c1nc2c(n1C)CN([C@H]1CO[C@H](c3cc(F)ccc3F)[C@@H](N(C(=O)O)C(C)(C)C)C1)C2. The molecule has 198 valence electrons. The van der Waals surface area contributed by atoms with Crippen LogP contribution in [0.4, 0.5) is 13.6 Å². The van der Waals surface area contributed by atoms with Gasteiger partial charge in [0, 0.05) is 44.3 Å². The minimum atomic E-state index is -1.14. The van der Waals surface area contributed by atoms with Crippen LogP contribution in [-0.4, -0.2) is 75.0 Å². The molecule has 5 rings (SSSR count). The standard InChI is InChI=1S/C24H30F2N8O3/c1-24(2,3)34(23(35)36)18-9-14(12-37-20(18)15-8-13(25)6-7-16(15)26)33-10-17-19(11-33)31(4)21(27-17)22-28-29-30-32(22)5/h6-8,14,18,20H,9-12H2,1-5H3,(H,35,36)/t14-,18+,20-/m1/s1. The maximum absolute atomic E-state index is 14.8. The third-order valence-corrected chi connectivity index (χ3v) is 7.20.